The number of fused-ring (bicyclic) bond motifs is 1. The summed E-state index contributed by atoms with van der Waals surface area (Å²) in [5.41, 5.74) is 0.0270. The van der Waals surface area contributed by atoms with Crippen LogP contribution in [0.25, 0.3) is 0 Å². The van der Waals surface area contributed by atoms with Crippen molar-refractivity contribution in [1.82, 2.24) is 0 Å². The lowest BCUT2D eigenvalue weighted by atomic mass is 9.92. The summed E-state index contributed by atoms with van der Waals surface area (Å²) in [5.74, 6) is -1.90. The van der Waals surface area contributed by atoms with Crippen LogP contribution in [0.2, 0.25) is 0 Å². The zero-order valence-corrected chi connectivity index (χ0v) is 22.1. The fourth-order valence-corrected chi connectivity index (χ4v) is 5.08. The number of carbonyl (C=O) groups excluding carboxylic acids is 1. The van der Waals surface area contributed by atoms with Gasteiger partial charge in [-0.2, -0.15) is 0 Å². The molecule has 0 bridgehead atoms. The Morgan fingerprint density at radius 3 is 2.10 bits per heavy atom. The number of rotatable bonds is 6. The Morgan fingerprint density at radius 2 is 1.43 bits per heavy atom. The number of hydrogen-bond donors (Lipinski definition) is 9. The predicted octanol–water partition coefficient (Wildman–Crippen LogP) is -2.19. The highest BCUT2D eigenvalue weighted by Crippen LogP contribution is 2.45. The maximum absolute atomic E-state index is 14.1. The lowest BCUT2D eigenvalue weighted by Gasteiger charge is -2.42. The number of aliphatic hydroxyl groups is 7. The van der Waals surface area contributed by atoms with Crippen LogP contribution in [0.4, 0.5) is 0 Å². The van der Waals surface area contributed by atoms with Gasteiger partial charge in [-0.3, -0.25) is 4.79 Å². The SMILES string of the molecule is C[C@@H]1O[C@@H](O[C@H]2C(=O)c3c(O[C@@H]4O[C@H](CO)[C@@H](O)[C@H](O)[C@H]4O)cc(O)cc3O[C@H]2c2ccc(O)cc2)[C@H](O)[C@H](O)[C@H]1O. The summed E-state index contributed by atoms with van der Waals surface area (Å²) in [4.78, 5) is 14.1. The molecule has 9 N–H and O–H groups in total. The Hall–Kier alpha value is -3.09. The minimum Gasteiger partial charge on any atom is -0.508 e. The molecule has 42 heavy (non-hydrogen) atoms. The molecule has 0 saturated carbocycles. The number of Topliss-reactive ketones (excluding diaryl/α,β-unsaturated/α-hetero) is 1. The Morgan fingerprint density at radius 1 is 0.786 bits per heavy atom. The molecule has 15 heteroatoms. The highest BCUT2D eigenvalue weighted by molar-refractivity contribution is 6.06. The molecule has 3 heterocycles. The summed E-state index contributed by atoms with van der Waals surface area (Å²) < 4.78 is 28.5. The Bertz CT molecular complexity index is 1270. The normalized spacial score (nSPS) is 38.4. The maximum atomic E-state index is 14.1. The topological polar surface area (TPSA) is 245 Å². The lowest BCUT2D eigenvalue weighted by Crippen LogP contribution is -2.60. The molecule has 3 aliphatic heterocycles. The van der Waals surface area contributed by atoms with E-state index in [9.17, 15) is 50.8 Å². The van der Waals surface area contributed by atoms with Crippen molar-refractivity contribution in [3.8, 4) is 23.0 Å². The largest absolute Gasteiger partial charge is 0.508 e. The first-order valence-corrected chi connectivity index (χ1v) is 13.1. The van der Waals surface area contributed by atoms with Crippen molar-refractivity contribution in [3.05, 3.63) is 47.5 Å². The van der Waals surface area contributed by atoms with Gasteiger partial charge in [0, 0.05) is 12.1 Å². The van der Waals surface area contributed by atoms with Crippen molar-refractivity contribution in [2.45, 2.75) is 80.5 Å². The monoisotopic (exact) mass is 596 g/mol. The molecule has 230 valence electrons. The van der Waals surface area contributed by atoms with Gasteiger partial charge in [0.1, 0.15) is 71.3 Å². The second-order valence-corrected chi connectivity index (χ2v) is 10.4. The van der Waals surface area contributed by atoms with E-state index in [1.807, 2.05) is 0 Å². The van der Waals surface area contributed by atoms with Gasteiger partial charge < -0.3 is 69.6 Å². The first kappa shape index (κ1) is 30.4. The van der Waals surface area contributed by atoms with Crippen LogP contribution in [0.3, 0.4) is 0 Å². The third-order valence-corrected chi connectivity index (χ3v) is 7.49. The standard InChI is InChI=1S/C27H32O15/c1-9-17(31)20(34)22(36)26(38-9)42-25-19(33)16-13(39-24(25)10-2-4-11(29)5-3-10)6-12(30)7-14(16)40-27-23(37)21(35)18(32)15(8-28)41-27/h2-7,9,15,17-18,20-32,34-37H,8H2,1H3/t9-,15+,17-,18+,20+,21-,22+,23+,24-,25-,26-,27+/m0/s1. The van der Waals surface area contributed by atoms with E-state index in [1.165, 1.54) is 31.2 Å². The second kappa shape index (κ2) is 11.9. The van der Waals surface area contributed by atoms with E-state index in [0.717, 1.165) is 12.1 Å². The Kier molecular flexibility index (Phi) is 8.60. The minimum absolute atomic E-state index is 0.0800. The van der Waals surface area contributed by atoms with Crippen LogP contribution in [0.1, 0.15) is 28.9 Å². The van der Waals surface area contributed by atoms with Gasteiger partial charge in [0.2, 0.25) is 12.1 Å². The summed E-state index contributed by atoms with van der Waals surface area (Å²) in [6, 6.07) is 7.68. The van der Waals surface area contributed by atoms with Gasteiger partial charge in [0.05, 0.1) is 12.7 Å². The molecule has 2 aromatic carbocycles. The van der Waals surface area contributed by atoms with Crippen molar-refractivity contribution in [2.24, 2.45) is 0 Å². The van der Waals surface area contributed by atoms with E-state index in [-0.39, 0.29) is 22.8 Å². The fraction of sp³-hybridized carbons (Fsp3) is 0.519. The molecular weight excluding hydrogens is 564 g/mol. The summed E-state index contributed by atoms with van der Waals surface area (Å²) in [5, 5.41) is 91.2. The zero-order chi connectivity index (χ0) is 30.5. The minimum atomic E-state index is -1.84. The van der Waals surface area contributed by atoms with Crippen LogP contribution in [0.15, 0.2) is 36.4 Å². The average molecular weight is 597 g/mol. The molecule has 12 atom stereocenters. The number of ether oxygens (including phenoxy) is 5. The maximum Gasteiger partial charge on any atom is 0.229 e. The van der Waals surface area contributed by atoms with E-state index in [1.54, 1.807) is 0 Å². The van der Waals surface area contributed by atoms with E-state index < -0.39 is 91.8 Å². The molecule has 0 spiro atoms. The smallest absolute Gasteiger partial charge is 0.229 e. The second-order valence-electron chi connectivity index (χ2n) is 10.4. The molecule has 15 nitrogen and oxygen atoms in total. The number of phenols is 2. The number of carbonyl (C=O) groups is 1. The van der Waals surface area contributed by atoms with Crippen LogP contribution in [-0.4, -0.2) is 126 Å². The lowest BCUT2D eigenvalue weighted by molar-refractivity contribution is -0.304. The van der Waals surface area contributed by atoms with Gasteiger partial charge in [-0.15, -0.1) is 0 Å². The zero-order valence-electron chi connectivity index (χ0n) is 22.1. The van der Waals surface area contributed by atoms with Crippen molar-refractivity contribution >= 4 is 5.78 Å². The number of benzene rings is 2. The summed E-state index contributed by atoms with van der Waals surface area (Å²) >= 11 is 0. The van der Waals surface area contributed by atoms with Gasteiger partial charge in [0.15, 0.2) is 18.5 Å². The first-order valence-electron chi connectivity index (χ1n) is 13.1. The fourth-order valence-electron chi connectivity index (χ4n) is 5.08. The molecule has 0 radical (unpaired) electrons. The highest BCUT2D eigenvalue weighted by Gasteiger charge is 2.49. The number of aliphatic hydroxyl groups excluding tert-OH is 7. The molecule has 3 aliphatic rings. The van der Waals surface area contributed by atoms with Crippen LogP contribution in [-0.2, 0) is 14.2 Å². The number of phenolic OH excluding ortho intramolecular Hbond substituents is 2. The summed E-state index contributed by atoms with van der Waals surface area (Å²) in [7, 11) is 0. The first-order chi connectivity index (χ1) is 19.9. The van der Waals surface area contributed by atoms with Gasteiger partial charge >= 0.3 is 0 Å². The molecule has 0 aliphatic carbocycles. The van der Waals surface area contributed by atoms with Gasteiger partial charge in [-0.1, -0.05) is 12.1 Å². The van der Waals surface area contributed by atoms with Gasteiger partial charge in [-0.05, 0) is 24.6 Å². The Labute approximate surface area is 238 Å². The van der Waals surface area contributed by atoms with Crippen LogP contribution >= 0.6 is 0 Å². The molecule has 0 unspecified atom stereocenters. The third kappa shape index (κ3) is 5.51. The Balaban J connectivity index is 1.52. The van der Waals surface area contributed by atoms with Crippen LogP contribution in [0.5, 0.6) is 23.0 Å². The van der Waals surface area contributed by atoms with E-state index >= 15 is 0 Å². The molecule has 2 saturated heterocycles. The van der Waals surface area contributed by atoms with Crippen LogP contribution in [0, 0.1) is 0 Å². The molecule has 5 rings (SSSR count). The van der Waals surface area contributed by atoms with Crippen LogP contribution < -0.4 is 9.47 Å². The number of hydrogen-bond acceptors (Lipinski definition) is 15. The summed E-state index contributed by atoms with van der Waals surface area (Å²) in [6.07, 6.45) is -18.6. The van der Waals surface area contributed by atoms with Crippen molar-refractivity contribution in [1.29, 1.82) is 0 Å². The molecule has 2 fully saturated rings. The molecule has 0 aromatic heterocycles. The molecule has 2 aromatic rings. The predicted molar refractivity (Wildman–Crippen MR) is 136 cm³/mol. The van der Waals surface area contributed by atoms with E-state index in [4.69, 9.17) is 23.7 Å². The van der Waals surface area contributed by atoms with Gasteiger partial charge in [0.25, 0.3) is 0 Å². The number of ketones is 1. The molecular formula is C27H32O15. The third-order valence-electron chi connectivity index (χ3n) is 7.49. The van der Waals surface area contributed by atoms with Crippen molar-refractivity contribution in [3.63, 3.8) is 0 Å². The average Bonchev–Trinajstić information content (AvgIpc) is 2.96. The quantitative estimate of drug-likeness (QED) is 0.172. The van der Waals surface area contributed by atoms with E-state index in [0.29, 0.717) is 5.56 Å². The summed E-state index contributed by atoms with van der Waals surface area (Å²) in [6.45, 7) is 0.690. The number of aromatic hydroxyl groups is 2. The van der Waals surface area contributed by atoms with Gasteiger partial charge in [-0.25, -0.2) is 0 Å². The highest BCUT2D eigenvalue weighted by atomic mass is 16.7. The molecule has 0 amide bonds. The van der Waals surface area contributed by atoms with E-state index in [2.05, 4.69) is 0 Å². The van der Waals surface area contributed by atoms with Crippen molar-refractivity contribution in [2.75, 3.05) is 6.61 Å². The van der Waals surface area contributed by atoms with Crippen molar-refractivity contribution < 1.29 is 74.4 Å².